The minimum atomic E-state index is -1.67. The van der Waals surface area contributed by atoms with Gasteiger partial charge in [-0.2, -0.15) is 0 Å². The average Bonchev–Trinajstić information content (AvgIpc) is 3.18. The van der Waals surface area contributed by atoms with Crippen LogP contribution in [0.2, 0.25) is 0 Å². The number of methoxy groups -OCH3 is 1. The van der Waals surface area contributed by atoms with Crippen molar-refractivity contribution in [3.05, 3.63) is 29.3 Å². The molecule has 0 aliphatic carbocycles. The topological polar surface area (TPSA) is 163 Å². The number of nitrogens with zero attached hydrogens (tertiary/aromatic N) is 2. The first kappa shape index (κ1) is 22.7. The van der Waals surface area contributed by atoms with Crippen molar-refractivity contribution in [2.75, 3.05) is 24.4 Å². The zero-order chi connectivity index (χ0) is 21.8. The van der Waals surface area contributed by atoms with Crippen LogP contribution in [0.1, 0.15) is 6.92 Å². The highest BCUT2D eigenvalue weighted by Crippen LogP contribution is 2.46. The normalized spacial score (nSPS) is 24.9. The molecule has 0 aromatic carbocycles. The number of amides is 3. The van der Waals surface area contributed by atoms with E-state index in [1.165, 1.54) is 41.4 Å². The highest BCUT2D eigenvalue weighted by Gasteiger charge is 2.73. The third-order valence-electron chi connectivity index (χ3n) is 4.11. The number of rotatable bonds is 5. The molecule has 3 rings (SSSR count). The maximum Gasteiger partial charge on any atom is 0.404 e. The first-order valence-electron chi connectivity index (χ1n) is 8.03. The Hall–Kier alpha value is -2.61. The van der Waals surface area contributed by atoms with Crippen molar-refractivity contribution in [2.45, 2.75) is 18.0 Å². The Balaban J connectivity index is 0.000000941. The summed E-state index contributed by atoms with van der Waals surface area (Å²) in [6.07, 6.45) is 0.516. The molecular weight excluding hydrogens is 426 g/mol. The number of carbonyl (C=O) groups excluding carboxylic acids is 3. The van der Waals surface area contributed by atoms with Crippen LogP contribution in [0.5, 0.6) is 0 Å². The predicted octanol–water partition coefficient (Wildman–Crippen LogP) is 0.0543. The van der Waals surface area contributed by atoms with Crippen LogP contribution in [0.15, 0.2) is 29.3 Å². The summed E-state index contributed by atoms with van der Waals surface area (Å²) in [5.41, 5.74) is 3.75. The van der Waals surface area contributed by atoms with Crippen LogP contribution in [0.3, 0.4) is 0 Å². The van der Waals surface area contributed by atoms with Crippen molar-refractivity contribution >= 4 is 51.9 Å². The van der Waals surface area contributed by atoms with E-state index < -0.39 is 40.2 Å². The van der Waals surface area contributed by atoms with Crippen LogP contribution in [0.4, 0.5) is 9.80 Å². The lowest BCUT2D eigenvalue weighted by molar-refractivity contribution is -0.182. The number of ether oxygens (including phenoxy) is 2. The maximum absolute atomic E-state index is 12.9. The zero-order valence-electron chi connectivity index (χ0n) is 15.5. The van der Waals surface area contributed by atoms with Gasteiger partial charge in [0, 0.05) is 25.8 Å². The Bertz CT molecular complexity index is 815. The van der Waals surface area contributed by atoms with Crippen molar-refractivity contribution in [3.8, 4) is 0 Å². The lowest BCUT2D eigenvalue weighted by Gasteiger charge is -2.56. The van der Waals surface area contributed by atoms with Crippen LogP contribution in [-0.2, 0) is 35.0 Å². The molecule has 1 aromatic rings. The van der Waals surface area contributed by atoms with Gasteiger partial charge in [0.15, 0.2) is 0 Å². The lowest BCUT2D eigenvalue weighted by atomic mass is 9.99. The molecule has 3 heterocycles. The van der Waals surface area contributed by atoms with E-state index in [0.29, 0.717) is 10.6 Å². The van der Waals surface area contributed by atoms with Crippen LogP contribution in [-0.4, -0.2) is 69.5 Å². The quantitative estimate of drug-likeness (QED) is 0.278. The minimum Gasteiger partial charge on any atom is -0.614 e. The fourth-order valence-corrected chi connectivity index (χ4v) is 5.70. The summed E-state index contributed by atoms with van der Waals surface area (Å²) < 4.78 is 23.0. The molecular formula is C16H19N3O8S2. The number of anilines is 1. The van der Waals surface area contributed by atoms with Gasteiger partial charge in [-0.25, -0.2) is 4.79 Å². The number of β-lactam (4-membered cyclic amide) rings is 1. The Morgan fingerprint density at radius 3 is 2.72 bits per heavy atom. The van der Waals surface area contributed by atoms with E-state index in [2.05, 4.69) is 0 Å². The number of carboxylic acid groups (broad SMARTS) is 1. The summed E-state index contributed by atoms with van der Waals surface area (Å²) in [5, 5.41) is 8.33. The Morgan fingerprint density at radius 1 is 1.59 bits per heavy atom. The molecule has 1 saturated heterocycles. The van der Waals surface area contributed by atoms with Crippen molar-refractivity contribution in [1.29, 1.82) is 0 Å². The molecule has 3 atom stereocenters. The molecule has 3 N–H and O–H groups in total. The highest BCUT2D eigenvalue weighted by atomic mass is 32.2. The largest absolute Gasteiger partial charge is 0.614 e. The number of carbonyl (C=O) groups is 4. The number of primary amides is 1. The molecule has 0 spiro atoms. The van der Waals surface area contributed by atoms with E-state index >= 15 is 0 Å². The molecule has 0 bridgehead atoms. The van der Waals surface area contributed by atoms with Crippen molar-refractivity contribution in [1.82, 2.24) is 4.90 Å². The van der Waals surface area contributed by atoms with Crippen molar-refractivity contribution in [2.24, 2.45) is 5.73 Å². The van der Waals surface area contributed by atoms with Crippen molar-refractivity contribution in [3.63, 3.8) is 0 Å². The smallest absolute Gasteiger partial charge is 0.404 e. The van der Waals surface area contributed by atoms with Gasteiger partial charge in [-0.1, -0.05) is 0 Å². The monoisotopic (exact) mass is 445 g/mol. The Morgan fingerprint density at radius 2 is 2.24 bits per heavy atom. The Labute approximate surface area is 172 Å². The minimum absolute atomic E-state index is 0.0724. The van der Waals surface area contributed by atoms with Gasteiger partial charge in [0.25, 0.3) is 23.5 Å². The maximum atomic E-state index is 12.9. The first-order valence-corrected chi connectivity index (χ1v) is 10.3. The van der Waals surface area contributed by atoms with Gasteiger partial charge < -0.3 is 24.9 Å². The predicted molar refractivity (Wildman–Crippen MR) is 103 cm³/mol. The molecule has 2 unspecified atom stereocenters. The number of thiophene rings is 1. The molecule has 2 aliphatic heterocycles. The summed E-state index contributed by atoms with van der Waals surface area (Å²) in [7, 11) is 1.31. The SMILES string of the molecule is COC1(N(C(C)=O)c2cccs2)C(=O)N2C=C(COC(N)=O)C[S+]([O-])[C@@H]21.O=CO. The van der Waals surface area contributed by atoms with Crippen molar-refractivity contribution < 1.29 is 38.3 Å². The second kappa shape index (κ2) is 9.26. The molecule has 1 fully saturated rings. The van der Waals surface area contributed by atoms with Gasteiger partial charge in [0.1, 0.15) is 17.4 Å². The molecule has 158 valence electrons. The second-order valence-corrected chi connectivity index (χ2v) is 8.22. The van der Waals surface area contributed by atoms with Gasteiger partial charge >= 0.3 is 6.09 Å². The van der Waals surface area contributed by atoms with E-state index in [1.807, 2.05) is 0 Å². The molecule has 0 radical (unpaired) electrons. The molecule has 2 aliphatic rings. The molecule has 0 saturated carbocycles. The molecule has 1 aromatic heterocycles. The number of hydrogen-bond donors (Lipinski definition) is 2. The summed E-state index contributed by atoms with van der Waals surface area (Å²) in [6, 6.07) is 3.44. The number of fused-ring (bicyclic) bond motifs is 1. The van der Waals surface area contributed by atoms with E-state index in [9.17, 15) is 18.9 Å². The molecule has 11 nitrogen and oxygen atoms in total. The highest BCUT2D eigenvalue weighted by molar-refractivity contribution is 7.92. The fraction of sp³-hybridized carbons (Fsp3) is 0.375. The second-order valence-electron chi connectivity index (χ2n) is 5.80. The van der Waals surface area contributed by atoms with Crippen LogP contribution in [0.25, 0.3) is 0 Å². The average molecular weight is 445 g/mol. The van der Waals surface area contributed by atoms with Gasteiger partial charge in [0.2, 0.25) is 5.91 Å². The van der Waals surface area contributed by atoms with E-state index in [1.54, 1.807) is 17.5 Å². The molecule has 3 amide bonds. The zero-order valence-corrected chi connectivity index (χ0v) is 17.1. The third-order valence-corrected chi connectivity index (χ3v) is 6.66. The molecule has 29 heavy (non-hydrogen) atoms. The van der Waals surface area contributed by atoms with Gasteiger partial charge in [-0.15, -0.1) is 11.3 Å². The van der Waals surface area contributed by atoms with Crippen LogP contribution in [0, 0.1) is 0 Å². The number of hydrogen-bond acceptors (Lipinski definition) is 8. The standard InChI is InChI=1S/C15H17N3O6S2.CH2O2/c1-9(19)18(11-4-3-5-25-11)15(23-2)12(20)17-6-10(7-24-14(16)21)8-26(22)13(15)17;2-1-3/h3-6,13H,7-8H2,1-2H3,(H2,16,21);1H,(H,2,3)/t13-,15?,26?;/m1./s1. The van der Waals surface area contributed by atoms with Gasteiger partial charge in [0.05, 0.1) is 0 Å². The summed E-state index contributed by atoms with van der Waals surface area (Å²) in [6.45, 7) is 0.920. The third kappa shape index (κ3) is 4.07. The summed E-state index contributed by atoms with van der Waals surface area (Å²) >= 11 is -0.297. The van der Waals surface area contributed by atoms with E-state index in [-0.39, 0.29) is 18.8 Å². The van der Waals surface area contributed by atoms with E-state index in [4.69, 9.17) is 25.1 Å². The van der Waals surface area contributed by atoms with Crippen LogP contribution < -0.4 is 10.6 Å². The van der Waals surface area contributed by atoms with Gasteiger partial charge in [-0.3, -0.25) is 24.2 Å². The van der Waals surface area contributed by atoms with Gasteiger partial charge in [-0.05, 0) is 28.7 Å². The number of nitrogens with two attached hydrogens (primary N) is 1. The van der Waals surface area contributed by atoms with E-state index in [0.717, 1.165) is 0 Å². The molecule has 13 heteroatoms. The lowest BCUT2D eigenvalue weighted by Crippen LogP contribution is -2.83. The first-order chi connectivity index (χ1) is 13.7. The summed E-state index contributed by atoms with van der Waals surface area (Å²) in [4.78, 5) is 46.8. The van der Waals surface area contributed by atoms with Crippen LogP contribution >= 0.6 is 11.3 Å². The Kier molecular flexibility index (Phi) is 7.24. The fourth-order valence-electron chi connectivity index (χ4n) is 3.12. The summed E-state index contributed by atoms with van der Waals surface area (Å²) in [5.74, 6) is -0.840.